The third-order valence-electron chi connectivity index (χ3n) is 4.87. The molecule has 0 atom stereocenters. The van der Waals surface area contributed by atoms with Crippen LogP contribution in [-0.2, 0) is 6.54 Å². The number of benzene rings is 2. The van der Waals surface area contributed by atoms with E-state index in [4.69, 9.17) is 27.3 Å². The fourth-order valence-electron chi connectivity index (χ4n) is 3.49. The van der Waals surface area contributed by atoms with Crippen molar-refractivity contribution >= 4 is 39.5 Å². The zero-order valence-corrected chi connectivity index (χ0v) is 16.6. The summed E-state index contributed by atoms with van der Waals surface area (Å²) in [6.45, 7) is 2.13. The second-order valence-electron chi connectivity index (χ2n) is 6.83. The number of nitrogens with two attached hydrogens (primary N) is 1. The van der Waals surface area contributed by atoms with Crippen molar-refractivity contribution < 1.29 is 4.39 Å². The van der Waals surface area contributed by atoms with Gasteiger partial charge in [-0.25, -0.2) is 29.0 Å². The van der Waals surface area contributed by atoms with E-state index >= 15 is 0 Å². The summed E-state index contributed by atoms with van der Waals surface area (Å²) in [5.74, 6) is 0.0492. The zero-order chi connectivity index (χ0) is 20.8. The minimum atomic E-state index is -0.321. The lowest BCUT2D eigenvalue weighted by atomic mass is 10.1. The summed E-state index contributed by atoms with van der Waals surface area (Å²) < 4.78 is 15.2. The topological polar surface area (TPSA) is 95.4 Å². The molecule has 0 fully saturated rings. The van der Waals surface area contributed by atoms with Crippen LogP contribution < -0.4 is 5.73 Å². The van der Waals surface area contributed by atoms with Gasteiger partial charge in [-0.15, -0.1) is 0 Å². The van der Waals surface area contributed by atoms with Gasteiger partial charge in [0.05, 0.1) is 39.6 Å². The second-order valence-corrected chi connectivity index (χ2v) is 7.24. The molecule has 3 heterocycles. The number of para-hydroxylation sites is 1. The summed E-state index contributed by atoms with van der Waals surface area (Å²) in [4.78, 5) is 17.9. The minimum absolute atomic E-state index is 0.279. The van der Waals surface area contributed by atoms with E-state index < -0.39 is 0 Å². The standard InChI is InChI=1S/C21H15ClFN7/c1-11-17-20(24)25-10-26-21(17)30(29-11)9-16-18(12-5-7-13(23)8-6-12)27-15-4-2-3-14(22)19(15)28-16/h2-8,10H,9H2,1H3,(H2,24,25,26). The van der Waals surface area contributed by atoms with E-state index in [0.717, 1.165) is 11.3 Å². The molecule has 0 unspecified atom stereocenters. The third kappa shape index (κ3) is 3.02. The molecule has 2 aromatic carbocycles. The lowest BCUT2D eigenvalue weighted by Crippen LogP contribution is -2.08. The molecule has 0 saturated carbocycles. The molecule has 148 valence electrons. The maximum Gasteiger partial charge on any atom is 0.163 e. The quantitative estimate of drug-likeness (QED) is 0.471. The Hall–Kier alpha value is -3.65. The summed E-state index contributed by atoms with van der Waals surface area (Å²) in [6, 6.07) is 11.6. The van der Waals surface area contributed by atoms with Crippen molar-refractivity contribution in [3.8, 4) is 11.3 Å². The van der Waals surface area contributed by atoms with E-state index in [2.05, 4.69) is 15.1 Å². The SMILES string of the molecule is Cc1nn(Cc2nc3c(Cl)cccc3nc2-c2ccc(F)cc2)c2ncnc(N)c12. The molecule has 5 aromatic rings. The molecule has 0 saturated heterocycles. The highest BCUT2D eigenvalue weighted by Gasteiger charge is 2.17. The van der Waals surface area contributed by atoms with Gasteiger partial charge in [0.2, 0.25) is 0 Å². The third-order valence-corrected chi connectivity index (χ3v) is 5.17. The van der Waals surface area contributed by atoms with Gasteiger partial charge in [-0.3, -0.25) is 0 Å². The van der Waals surface area contributed by atoms with Crippen molar-refractivity contribution in [3.63, 3.8) is 0 Å². The number of hydrogen-bond acceptors (Lipinski definition) is 6. The molecule has 0 aliphatic heterocycles. The Morgan fingerprint density at radius 1 is 1.07 bits per heavy atom. The normalized spacial score (nSPS) is 11.4. The number of rotatable bonds is 3. The molecule has 0 aliphatic rings. The Balaban J connectivity index is 1.73. The van der Waals surface area contributed by atoms with Crippen LogP contribution in [0.3, 0.4) is 0 Å². The Morgan fingerprint density at radius 2 is 1.87 bits per heavy atom. The molecular formula is C21H15ClFN7. The second kappa shape index (κ2) is 7.00. The largest absolute Gasteiger partial charge is 0.383 e. The van der Waals surface area contributed by atoms with Crippen molar-refractivity contribution in [1.29, 1.82) is 0 Å². The first-order chi connectivity index (χ1) is 14.5. The van der Waals surface area contributed by atoms with E-state index in [1.54, 1.807) is 22.9 Å². The van der Waals surface area contributed by atoms with Crippen molar-refractivity contribution in [1.82, 2.24) is 29.7 Å². The van der Waals surface area contributed by atoms with Crippen molar-refractivity contribution in [2.75, 3.05) is 5.73 Å². The molecule has 2 N–H and O–H groups in total. The van der Waals surface area contributed by atoms with Gasteiger partial charge in [0.15, 0.2) is 5.65 Å². The lowest BCUT2D eigenvalue weighted by molar-refractivity contribution is 0.628. The molecule has 0 bridgehead atoms. The molecule has 9 heteroatoms. The van der Waals surface area contributed by atoms with Crippen molar-refractivity contribution in [3.05, 3.63) is 71.0 Å². The van der Waals surface area contributed by atoms with E-state index in [-0.39, 0.29) is 12.4 Å². The van der Waals surface area contributed by atoms with Crippen LogP contribution >= 0.6 is 11.6 Å². The number of nitrogen functional groups attached to an aromatic ring is 1. The van der Waals surface area contributed by atoms with Crippen LogP contribution in [0.15, 0.2) is 48.8 Å². The summed E-state index contributed by atoms with van der Waals surface area (Å²) >= 11 is 6.36. The Kier molecular flexibility index (Phi) is 4.29. The van der Waals surface area contributed by atoms with Crippen LogP contribution in [0.4, 0.5) is 10.2 Å². The molecule has 30 heavy (non-hydrogen) atoms. The molecule has 0 radical (unpaired) electrons. The van der Waals surface area contributed by atoms with Gasteiger partial charge in [-0.1, -0.05) is 17.7 Å². The van der Waals surface area contributed by atoms with Crippen LogP contribution in [0.25, 0.3) is 33.3 Å². The Bertz CT molecular complexity index is 1410. The lowest BCUT2D eigenvalue weighted by Gasteiger charge is -2.11. The summed E-state index contributed by atoms with van der Waals surface area (Å²) in [6.07, 6.45) is 1.40. The minimum Gasteiger partial charge on any atom is -0.383 e. The average molecular weight is 420 g/mol. The first kappa shape index (κ1) is 18.4. The number of aromatic nitrogens is 6. The van der Waals surface area contributed by atoms with Gasteiger partial charge in [0, 0.05) is 5.56 Å². The van der Waals surface area contributed by atoms with E-state index in [0.29, 0.717) is 44.3 Å². The molecule has 5 rings (SSSR count). The van der Waals surface area contributed by atoms with Gasteiger partial charge in [0.25, 0.3) is 0 Å². The average Bonchev–Trinajstić information content (AvgIpc) is 3.05. The fraction of sp³-hybridized carbons (Fsp3) is 0.0952. The number of halogens is 2. The molecular weight excluding hydrogens is 405 g/mol. The summed E-state index contributed by atoms with van der Waals surface area (Å²) in [7, 11) is 0. The maximum absolute atomic E-state index is 13.5. The van der Waals surface area contributed by atoms with Crippen molar-refractivity contribution in [2.45, 2.75) is 13.5 Å². The number of aryl methyl sites for hydroxylation is 1. The monoisotopic (exact) mass is 419 g/mol. The van der Waals surface area contributed by atoms with Crippen LogP contribution in [0.2, 0.25) is 5.02 Å². The maximum atomic E-state index is 13.5. The van der Waals surface area contributed by atoms with E-state index in [1.807, 2.05) is 19.1 Å². The van der Waals surface area contributed by atoms with Crippen LogP contribution in [-0.4, -0.2) is 29.7 Å². The highest BCUT2D eigenvalue weighted by atomic mass is 35.5. The molecule has 0 aliphatic carbocycles. The van der Waals surface area contributed by atoms with Gasteiger partial charge < -0.3 is 5.73 Å². The van der Waals surface area contributed by atoms with Crippen LogP contribution in [0.1, 0.15) is 11.4 Å². The summed E-state index contributed by atoms with van der Waals surface area (Å²) in [5.41, 5.74) is 10.6. The van der Waals surface area contributed by atoms with Gasteiger partial charge in [-0.05, 0) is 43.3 Å². The first-order valence-electron chi connectivity index (χ1n) is 9.16. The highest BCUT2D eigenvalue weighted by Crippen LogP contribution is 2.29. The van der Waals surface area contributed by atoms with Gasteiger partial charge in [0.1, 0.15) is 23.5 Å². The smallest absolute Gasteiger partial charge is 0.163 e. The van der Waals surface area contributed by atoms with Gasteiger partial charge >= 0.3 is 0 Å². The number of nitrogens with zero attached hydrogens (tertiary/aromatic N) is 6. The number of hydrogen-bond donors (Lipinski definition) is 1. The molecule has 3 aromatic heterocycles. The van der Waals surface area contributed by atoms with Gasteiger partial charge in [-0.2, -0.15) is 5.10 Å². The first-order valence-corrected chi connectivity index (χ1v) is 9.54. The Morgan fingerprint density at radius 3 is 2.67 bits per heavy atom. The van der Waals surface area contributed by atoms with Crippen molar-refractivity contribution in [2.24, 2.45) is 0 Å². The zero-order valence-electron chi connectivity index (χ0n) is 15.8. The van der Waals surface area contributed by atoms with E-state index in [1.165, 1.54) is 18.5 Å². The molecule has 0 spiro atoms. The number of fused-ring (bicyclic) bond motifs is 2. The van der Waals surface area contributed by atoms with Crippen LogP contribution in [0.5, 0.6) is 0 Å². The predicted molar refractivity (Wildman–Crippen MR) is 114 cm³/mol. The predicted octanol–water partition coefficient (Wildman–Crippen LogP) is 4.17. The fourth-order valence-corrected chi connectivity index (χ4v) is 3.70. The summed E-state index contributed by atoms with van der Waals surface area (Å²) in [5, 5.41) is 5.77. The molecule has 7 nitrogen and oxygen atoms in total. The highest BCUT2D eigenvalue weighted by molar-refractivity contribution is 6.34. The van der Waals surface area contributed by atoms with E-state index in [9.17, 15) is 4.39 Å². The Labute approximate surface area is 175 Å². The molecule has 0 amide bonds. The number of anilines is 1. The van der Waals surface area contributed by atoms with Crippen LogP contribution in [0, 0.1) is 12.7 Å².